The average molecular weight is 523 g/mol. The lowest BCUT2D eigenvalue weighted by molar-refractivity contribution is -0.122. The van der Waals surface area contributed by atoms with Gasteiger partial charge in [0.2, 0.25) is 5.91 Å². The summed E-state index contributed by atoms with van der Waals surface area (Å²) in [5.74, 6) is -0.804. The molecule has 6 aromatic rings. The summed E-state index contributed by atoms with van der Waals surface area (Å²) in [4.78, 5) is 33.0. The fraction of sp³-hybridized carbons (Fsp3) is 0.143. The molecule has 0 bridgehead atoms. The van der Waals surface area contributed by atoms with Crippen LogP contribution in [0.3, 0.4) is 0 Å². The number of carbonyl (C=O) groups is 1. The molecule has 3 N–H and O–H groups in total. The van der Waals surface area contributed by atoms with Crippen LogP contribution in [-0.2, 0) is 4.79 Å². The predicted molar refractivity (Wildman–Crippen MR) is 141 cm³/mol. The lowest BCUT2D eigenvalue weighted by Crippen LogP contribution is -2.28. The number of amides is 1. The van der Waals surface area contributed by atoms with Crippen molar-refractivity contribution in [2.75, 3.05) is 5.32 Å². The van der Waals surface area contributed by atoms with Crippen molar-refractivity contribution in [3.63, 3.8) is 0 Å². The third-order valence-corrected chi connectivity index (χ3v) is 7.05. The Morgan fingerprint density at radius 2 is 1.85 bits per heavy atom. The van der Waals surface area contributed by atoms with Gasteiger partial charge >= 0.3 is 0 Å². The van der Waals surface area contributed by atoms with Gasteiger partial charge in [0.1, 0.15) is 28.4 Å². The van der Waals surface area contributed by atoms with Gasteiger partial charge in [-0.1, -0.05) is 18.6 Å². The quantitative estimate of drug-likeness (QED) is 0.269. The largest absolute Gasteiger partial charge is 0.336 e. The van der Waals surface area contributed by atoms with Crippen molar-refractivity contribution in [3.05, 3.63) is 72.8 Å². The van der Waals surface area contributed by atoms with Crippen molar-refractivity contribution >= 4 is 33.5 Å². The van der Waals surface area contributed by atoms with Gasteiger partial charge < -0.3 is 10.3 Å². The molecule has 192 valence electrons. The molecule has 0 unspecified atom stereocenters. The number of aromatic nitrogens is 7. The highest BCUT2D eigenvalue weighted by Gasteiger charge is 2.26. The van der Waals surface area contributed by atoms with Gasteiger partial charge in [-0.25, -0.2) is 13.8 Å². The number of aromatic amines is 2. The van der Waals surface area contributed by atoms with E-state index in [1.54, 1.807) is 36.5 Å². The maximum atomic E-state index is 16.0. The number of fused-ring (bicyclic) bond motifs is 2. The number of benzene rings is 1. The number of carbonyl (C=O) groups excluding carboxylic acids is 1. The Morgan fingerprint density at radius 3 is 2.67 bits per heavy atom. The molecular weight excluding hydrogens is 502 g/mol. The summed E-state index contributed by atoms with van der Waals surface area (Å²) in [5, 5.41) is 10.2. The average Bonchev–Trinajstić information content (AvgIpc) is 3.53. The van der Waals surface area contributed by atoms with Gasteiger partial charge in [0.25, 0.3) is 0 Å². The Bertz CT molecular complexity index is 1890. The maximum absolute atomic E-state index is 16.0. The summed E-state index contributed by atoms with van der Waals surface area (Å²) in [5.41, 5.74) is 3.26. The molecule has 0 spiro atoms. The van der Waals surface area contributed by atoms with Crippen LogP contribution in [-0.4, -0.2) is 41.0 Å². The summed E-state index contributed by atoms with van der Waals surface area (Å²) in [6.45, 7) is 0. The van der Waals surface area contributed by atoms with Gasteiger partial charge in [-0.05, 0) is 37.1 Å². The van der Waals surface area contributed by atoms with E-state index in [-0.39, 0.29) is 34.4 Å². The molecule has 1 amide bonds. The zero-order valence-electron chi connectivity index (χ0n) is 20.4. The fourth-order valence-corrected chi connectivity index (χ4v) is 4.80. The zero-order valence-corrected chi connectivity index (χ0v) is 20.4. The second kappa shape index (κ2) is 9.05. The normalized spacial score (nSPS) is 13.6. The summed E-state index contributed by atoms with van der Waals surface area (Å²) in [7, 11) is 0. The molecule has 1 aliphatic carbocycles. The third kappa shape index (κ3) is 3.90. The van der Waals surface area contributed by atoms with E-state index in [0.717, 1.165) is 19.3 Å². The highest BCUT2D eigenvalue weighted by Crippen LogP contribution is 2.35. The van der Waals surface area contributed by atoms with Crippen molar-refractivity contribution in [2.24, 2.45) is 5.92 Å². The van der Waals surface area contributed by atoms with Crippen LogP contribution in [0, 0.1) is 17.6 Å². The number of nitrogens with zero attached hydrogens (tertiary/aromatic N) is 5. The van der Waals surface area contributed by atoms with Gasteiger partial charge in [0, 0.05) is 29.4 Å². The molecule has 0 radical (unpaired) electrons. The lowest BCUT2D eigenvalue weighted by atomic mass is 9.85. The number of H-pyrrole nitrogens is 2. The lowest BCUT2D eigenvalue weighted by Gasteiger charge is -2.24. The Balaban J connectivity index is 1.30. The van der Waals surface area contributed by atoms with Crippen LogP contribution in [0.1, 0.15) is 19.3 Å². The van der Waals surface area contributed by atoms with E-state index in [1.807, 2.05) is 0 Å². The van der Waals surface area contributed by atoms with Crippen LogP contribution in [0.15, 0.2) is 61.2 Å². The number of rotatable bonds is 5. The maximum Gasteiger partial charge on any atom is 0.227 e. The Labute approximate surface area is 219 Å². The molecule has 0 saturated heterocycles. The molecule has 1 aliphatic rings. The zero-order chi connectivity index (χ0) is 26.5. The monoisotopic (exact) mass is 522 g/mol. The number of hydrogen-bond acceptors (Lipinski definition) is 6. The smallest absolute Gasteiger partial charge is 0.227 e. The van der Waals surface area contributed by atoms with E-state index >= 15 is 4.39 Å². The molecule has 5 heterocycles. The van der Waals surface area contributed by atoms with E-state index in [1.165, 1.54) is 24.7 Å². The molecule has 1 aromatic carbocycles. The minimum Gasteiger partial charge on any atom is -0.336 e. The number of imidazole rings is 1. The summed E-state index contributed by atoms with van der Waals surface area (Å²) >= 11 is 0. The first kappa shape index (κ1) is 23.1. The predicted octanol–water partition coefficient (Wildman–Crippen LogP) is 5.64. The van der Waals surface area contributed by atoms with E-state index in [2.05, 4.69) is 40.4 Å². The first-order valence-corrected chi connectivity index (χ1v) is 12.5. The van der Waals surface area contributed by atoms with Crippen LogP contribution < -0.4 is 5.32 Å². The molecule has 0 aliphatic heterocycles. The van der Waals surface area contributed by atoms with Crippen LogP contribution in [0.4, 0.5) is 14.5 Å². The topological polar surface area (TPSA) is 125 Å². The summed E-state index contributed by atoms with van der Waals surface area (Å²) in [6, 6.07) is 9.67. The molecular formula is C28H20F2N8O. The molecule has 9 nitrogen and oxygen atoms in total. The van der Waals surface area contributed by atoms with Crippen LogP contribution in [0.2, 0.25) is 0 Å². The standard InChI is InChI=1S/C28H20F2N8O/c29-18-7-2-1-6-17(18)24-25-19(8-9-32-24)35-27(36-25)26-21-20(37-38-26)13-33-23(22(21)30)15-10-16(12-31-11-15)34-28(39)14-4-3-5-14/h1-2,6-14H,3-5H2,(H,34,39)(H,35,36)(H,37,38). The van der Waals surface area contributed by atoms with Crippen LogP contribution in [0.25, 0.3) is 56.0 Å². The second-order valence-corrected chi connectivity index (χ2v) is 9.48. The number of anilines is 1. The summed E-state index contributed by atoms with van der Waals surface area (Å²) < 4.78 is 30.6. The first-order chi connectivity index (χ1) is 19.1. The second-order valence-electron chi connectivity index (χ2n) is 9.48. The van der Waals surface area contributed by atoms with Crippen LogP contribution in [0.5, 0.6) is 0 Å². The Kier molecular flexibility index (Phi) is 5.36. The minimum atomic E-state index is -0.617. The van der Waals surface area contributed by atoms with Gasteiger partial charge in [-0.3, -0.25) is 24.8 Å². The van der Waals surface area contributed by atoms with E-state index in [0.29, 0.717) is 39.1 Å². The van der Waals surface area contributed by atoms with Crippen molar-refractivity contribution in [1.29, 1.82) is 0 Å². The fourth-order valence-electron chi connectivity index (χ4n) is 4.80. The summed E-state index contributed by atoms with van der Waals surface area (Å²) in [6.07, 6.45) is 8.84. The van der Waals surface area contributed by atoms with Crippen molar-refractivity contribution in [1.82, 2.24) is 35.1 Å². The molecule has 7 rings (SSSR count). The first-order valence-electron chi connectivity index (χ1n) is 12.5. The third-order valence-electron chi connectivity index (χ3n) is 7.05. The number of halogens is 2. The van der Waals surface area contributed by atoms with Gasteiger partial charge in [-0.2, -0.15) is 5.10 Å². The molecule has 1 fully saturated rings. The Morgan fingerprint density at radius 1 is 0.974 bits per heavy atom. The van der Waals surface area contributed by atoms with Crippen LogP contribution >= 0.6 is 0 Å². The minimum absolute atomic E-state index is 0.00580. The molecule has 39 heavy (non-hydrogen) atoms. The van der Waals surface area contributed by atoms with Crippen molar-refractivity contribution < 1.29 is 13.6 Å². The van der Waals surface area contributed by atoms with Gasteiger partial charge in [-0.15, -0.1) is 0 Å². The van der Waals surface area contributed by atoms with Crippen molar-refractivity contribution in [3.8, 4) is 34.0 Å². The van der Waals surface area contributed by atoms with E-state index in [4.69, 9.17) is 0 Å². The van der Waals surface area contributed by atoms with Crippen molar-refractivity contribution in [2.45, 2.75) is 19.3 Å². The number of pyridine rings is 3. The Hall–Kier alpha value is -5.06. The molecule has 11 heteroatoms. The molecule has 5 aromatic heterocycles. The van der Waals surface area contributed by atoms with E-state index < -0.39 is 11.6 Å². The van der Waals surface area contributed by atoms with Gasteiger partial charge in [0.05, 0.1) is 34.5 Å². The molecule has 1 saturated carbocycles. The van der Waals surface area contributed by atoms with Gasteiger partial charge in [0.15, 0.2) is 11.6 Å². The number of hydrogen-bond donors (Lipinski definition) is 3. The highest BCUT2D eigenvalue weighted by atomic mass is 19.1. The number of nitrogens with one attached hydrogen (secondary N) is 3. The molecule has 0 atom stereocenters. The van der Waals surface area contributed by atoms with E-state index in [9.17, 15) is 9.18 Å². The SMILES string of the molecule is O=C(Nc1cncc(-c2ncc3[nH]nc(-c4nc5c(-c6ccccc6F)nccc5[nH]4)c3c2F)c1)C1CCC1. The highest BCUT2D eigenvalue weighted by molar-refractivity contribution is 5.98.